The Hall–Kier alpha value is -5.31. The van der Waals surface area contributed by atoms with Gasteiger partial charge in [-0.3, -0.25) is 0 Å². The fraction of sp³-hybridized carbons (Fsp3) is 0.100. The third-order valence-electron chi connectivity index (χ3n) is 5.03. The topological polar surface area (TPSA) is 107 Å². The van der Waals surface area contributed by atoms with E-state index in [0.717, 1.165) is 16.7 Å². The zero-order valence-corrected chi connectivity index (χ0v) is 21.3. The molecule has 9 nitrogen and oxygen atoms in total. The Balaban J connectivity index is 1.51. The molecule has 0 amide bonds. The van der Waals surface area contributed by atoms with Gasteiger partial charge in [0.1, 0.15) is 34.5 Å². The van der Waals surface area contributed by atoms with Crippen LogP contribution >= 0.6 is 0 Å². The Labute approximate surface area is 224 Å². The van der Waals surface area contributed by atoms with Gasteiger partial charge in [-0.2, -0.15) is 0 Å². The van der Waals surface area contributed by atoms with E-state index in [-0.39, 0.29) is 34.5 Å². The molecule has 4 aromatic carbocycles. The van der Waals surface area contributed by atoms with E-state index in [4.69, 9.17) is 28.4 Å². The van der Waals surface area contributed by atoms with Gasteiger partial charge >= 0.3 is 18.5 Å². The maximum absolute atomic E-state index is 12.4. The van der Waals surface area contributed by atoms with Crippen molar-refractivity contribution in [3.05, 3.63) is 108 Å². The number of benzene rings is 4. The third kappa shape index (κ3) is 8.36. The number of hydrogen-bond acceptors (Lipinski definition) is 9. The van der Waals surface area contributed by atoms with Crippen molar-refractivity contribution in [1.82, 2.24) is 0 Å². The van der Waals surface area contributed by atoms with Crippen molar-refractivity contribution >= 4 is 18.5 Å². The summed E-state index contributed by atoms with van der Waals surface area (Å²) in [5.41, 5.74) is 2.64. The first-order chi connectivity index (χ1) is 18.7. The second-order valence-corrected chi connectivity index (χ2v) is 8.45. The zero-order valence-electron chi connectivity index (χ0n) is 21.3. The number of carbonyl (C=O) groups excluding carboxylic acids is 3. The summed E-state index contributed by atoms with van der Waals surface area (Å²) < 4.78 is 31.3. The van der Waals surface area contributed by atoms with Gasteiger partial charge < -0.3 is 28.4 Å². The summed E-state index contributed by atoms with van der Waals surface area (Å²) in [4.78, 5) is 37.2. The number of rotatable bonds is 6. The molecule has 0 N–H and O–H groups in total. The van der Waals surface area contributed by atoms with Crippen LogP contribution in [0.2, 0.25) is 0 Å². The number of ether oxygens (including phenoxy) is 6. The molecular formula is C30H24O9. The smallest absolute Gasteiger partial charge is 0.395 e. The summed E-state index contributed by atoms with van der Waals surface area (Å²) in [6.45, 7) is 5.52. The van der Waals surface area contributed by atoms with Gasteiger partial charge in [0, 0.05) is 18.2 Å². The van der Waals surface area contributed by atoms with E-state index in [1.807, 2.05) is 39.0 Å². The van der Waals surface area contributed by atoms with Gasteiger partial charge in [0.2, 0.25) is 0 Å². The Morgan fingerprint density at radius 2 is 0.641 bits per heavy atom. The summed E-state index contributed by atoms with van der Waals surface area (Å²) in [5, 5.41) is 0. The minimum atomic E-state index is -1.06. The van der Waals surface area contributed by atoms with Crippen molar-refractivity contribution in [1.29, 1.82) is 0 Å². The van der Waals surface area contributed by atoms with Crippen molar-refractivity contribution in [3.63, 3.8) is 0 Å². The second-order valence-electron chi connectivity index (χ2n) is 8.45. The first-order valence-electron chi connectivity index (χ1n) is 11.8. The van der Waals surface area contributed by atoms with Crippen LogP contribution in [0.4, 0.5) is 14.4 Å². The predicted molar refractivity (Wildman–Crippen MR) is 140 cm³/mol. The highest BCUT2D eigenvalue weighted by Crippen LogP contribution is 2.30. The van der Waals surface area contributed by atoms with Crippen molar-refractivity contribution < 1.29 is 42.8 Å². The Morgan fingerprint density at radius 3 is 0.897 bits per heavy atom. The minimum Gasteiger partial charge on any atom is -0.395 e. The number of hydrogen-bond donors (Lipinski definition) is 0. The monoisotopic (exact) mass is 528 g/mol. The van der Waals surface area contributed by atoms with Crippen LogP contribution in [0, 0.1) is 20.8 Å². The van der Waals surface area contributed by atoms with Crippen LogP contribution in [0.3, 0.4) is 0 Å². The molecule has 0 bridgehead atoms. The lowest BCUT2D eigenvalue weighted by molar-refractivity contribution is 0.148. The molecule has 0 aliphatic heterocycles. The standard InChI is InChI=1S/C30H24O9/c1-19-7-4-10-22(13-19)34-28(31)37-25-16-26(38-29(32)35-23-11-5-8-20(2)14-23)18-27(17-25)39-30(33)36-24-12-6-9-21(3)15-24/h4-18H,1-3H3. The van der Waals surface area contributed by atoms with E-state index in [0.29, 0.717) is 0 Å². The summed E-state index contributed by atoms with van der Waals surface area (Å²) in [7, 11) is 0. The quantitative estimate of drug-likeness (QED) is 0.188. The summed E-state index contributed by atoms with van der Waals surface area (Å²) >= 11 is 0. The minimum absolute atomic E-state index is 0.133. The van der Waals surface area contributed by atoms with Crippen molar-refractivity contribution in [3.8, 4) is 34.5 Å². The zero-order chi connectivity index (χ0) is 27.8. The van der Waals surface area contributed by atoms with E-state index in [2.05, 4.69) is 0 Å². The van der Waals surface area contributed by atoms with Crippen molar-refractivity contribution in [2.24, 2.45) is 0 Å². The van der Waals surface area contributed by atoms with Crippen LogP contribution in [-0.2, 0) is 0 Å². The lowest BCUT2D eigenvalue weighted by atomic mass is 10.2. The van der Waals surface area contributed by atoms with Gasteiger partial charge in [-0.15, -0.1) is 0 Å². The van der Waals surface area contributed by atoms with Crippen molar-refractivity contribution in [2.75, 3.05) is 0 Å². The van der Waals surface area contributed by atoms with E-state index in [1.54, 1.807) is 54.6 Å². The third-order valence-corrected chi connectivity index (χ3v) is 5.03. The molecule has 0 fully saturated rings. The largest absolute Gasteiger partial charge is 0.519 e. The molecule has 4 rings (SSSR count). The maximum Gasteiger partial charge on any atom is 0.519 e. The van der Waals surface area contributed by atoms with Gasteiger partial charge in [-0.1, -0.05) is 36.4 Å². The average molecular weight is 529 g/mol. The maximum atomic E-state index is 12.4. The highest BCUT2D eigenvalue weighted by atomic mass is 16.7. The predicted octanol–water partition coefficient (Wildman–Crippen LogP) is 7.35. The molecule has 0 aliphatic carbocycles. The van der Waals surface area contributed by atoms with Gasteiger partial charge in [-0.25, -0.2) is 14.4 Å². The molecule has 0 heterocycles. The molecule has 0 aromatic heterocycles. The molecule has 198 valence electrons. The van der Waals surface area contributed by atoms with E-state index < -0.39 is 18.5 Å². The van der Waals surface area contributed by atoms with E-state index in [1.165, 1.54) is 18.2 Å². The van der Waals surface area contributed by atoms with Crippen LogP contribution in [-0.4, -0.2) is 18.5 Å². The Morgan fingerprint density at radius 1 is 0.385 bits per heavy atom. The van der Waals surface area contributed by atoms with E-state index >= 15 is 0 Å². The fourth-order valence-corrected chi connectivity index (χ4v) is 3.40. The fourth-order valence-electron chi connectivity index (χ4n) is 3.40. The van der Waals surface area contributed by atoms with Gasteiger partial charge in [0.15, 0.2) is 0 Å². The first-order valence-corrected chi connectivity index (χ1v) is 11.8. The average Bonchev–Trinajstić information content (AvgIpc) is 2.83. The molecule has 0 atom stereocenters. The first kappa shape index (κ1) is 26.7. The van der Waals surface area contributed by atoms with Gasteiger partial charge in [-0.05, 0) is 73.9 Å². The van der Waals surface area contributed by atoms with E-state index in [9.17, 15) is 14.4 Å². The molecule has 0 saturated carbocycles. The molecule has 4 aromatic rings. The summed E-state index contributed by atoms with van der Waals surface area (Å²) in [6, 6.07) is 24.1. The highest BCUT2D eigenvalue weighted by molar-refractivity contribution is 5.71. The highest BCUT2D eigenvalue weighted by Gasteiger charge is 2.17. The number of carbonyl (C=O) groups is 3. The van der Waals surface area contributed by atoms with Crippen LogP contribution < -0.4 is 28.4 Å². The molecule has 39 heavy (non-hydrogen) atoms. The van der Waals surface area contributed by atoms with Crippen LogP contribution in [0.25, 0.3) is 0 Å². The molecule has 0 spiro atoms. The molecule has 0 unspecified atom stereocenters. The normalized spacial score (nSPS) is 10.2. The number of aryl methyl sites for hydroxylation is 3. The second kappa shape index (κ2) is 12.3. The van der Waals surface area contributed by atoms with Crippen LogP contribution in [0.15, 0.2) is 91.0 Å². The summed E-state index contributed by atoms with van der Waals surface area (Å²) in [6.07, 6.45) is -3.19. The van der Waals surface area contributed by atoms with Gasteiger partial charge in [0.25, 0.3) is 0 Å². The molecule has 0 saturated heterocycles. The lowest BCUT2D eigenvalue weighted by Crippen LogP contribution is -2.17. The molecule has 0 radical (unpaired) electrons. The summed E-state index contributed by atoms with van der Waals surface area (Å²) in [5.74, 6) is 0.414. The van der Waals surface area contributed by atoms with Crippen LogP contribution in [0.1, 0.15) is 16.7 Å². The Kier molecular flexibility index (Phi) is 8.43. The molecule has 9 heteroatoms. The molecule has 0 aliphatic rings. The van der Waals surface area contributed by atoms with Crippen molar-refractivity contribution in [2.45, 2.75) is 20.8 Å². The van der Waals surface area contributed by atoms with Crippen LogP contribution in [0.5, 0.6) is 34.5 Å². The van der Waals surface area contributed by atoms with Gasteiger partial charge in [0.05, 0.1) is 0 Å². The molecular weight excluding hydrogens is 504 g/mol. The SMILES string of the molecule is Cc1cccc(OC(=O)Oc2cc(OC(=O)Oc3cccc(C)c3)cc(OC(=O)Oc3cccc(C)c3)c2)c1. The Bertz CT molecular complexity index is 1320. The lowest BCUT2D eigenvalue weighted by Gasteiger charge is -2.11.